The van der Waals surface area contributed by atoms with Gasteiger partial charge in [0, 0.05) is 6.08 Å². The molecule has 0 saturated heterocycles. The molecule has 0 N–H and O–H groups in total. The van der Waals surface area contributed by atoms with Gasteiger partial charge in [0.15, 0.2) is 0 Å². The van der Waals surface area contributed by atoms with E-state index in [1.807, 2.05) is 6.92 Å². The number of carbonyl (C=O) groups excluding carboxylic acids is 3. The summed E-state index contributed by atoms with van der Waals surface area (Å²) in [5.41, 5.74) is 1.35. The fourth-order valence-electron chi connectivity index (χ4n) is 1.45. The molecule has 0 heterocycles. The maximum Gasteiger partial charge on any atom is 0.436 e. The average molecular weight is 304 g/mol. The van der Waals surface area contributed by atoms with Crippen molar-refractivity contribution in [2.75, 3.05) is 18.2 Å². The molecule has 0 aliphatic carbocycles. The standard InChI is InChI=1S/C15H16N2O5/c1-3-4-14(19)21-9-10-22-15(20)17(16-11-18)13-7-5-12(2)6-8-13/h3-8H,9-10H2,1-2H3. The van der Waals surface area contributed by atoms with Crippen molar-refractivity contribution >= 4 is 23.8 Å². The van der Waals surface area contributed by atoms with Crippen molar-refractivity contribution < 1.29 is 23.9 Å². The number of anilines is 1. The van der Waals surface area contributed by atoms with E-state index in [9.17, 15) is 14.4 Å². The molecular formula is C15H16N2O5. The molecule has 22 heavy (non-hydrogen) atoms. The summed E-state index contributed by atoms with van der Waals surface area (Å²) in [6, 6.07) is 6.75. The van der Waals surface area contributed by atoms with Crippen molar-refractivity contribution in [3.05, 3.63) is 42.0 Å². The molecule has 0 atom stereocenters. The lowest BCUT2D eigenvalue weighted by atomic mass is 10.2. The number of carbonyl (C=O) groups is 2. The van der Waals surface area contributed by atoms with E-state index < -0.39 is 12.1 Å². The highest BCUT2D eigenvalue weighted by molar-refractivity contribution is 5.87. The predicted molar refractivity (Wildman–Crippen MR) is 78.9 cm³/mol. The summed E-state index contributed by atoms with van der Waals surface area (Å²) < 4.78 is 9.65. The minimum Gasteiger partial charge on any atom is -0.459 e. The predicted octanol–water partition coefficient (Wildman–Crippen LogP) is 2.31. The number of rotatable bonds is 6. The van der Waals surface area contributed by atoms with Crippen molar-refractivity contribution in [1.82, 2.24) is 0 Å². The molecule has 1 amide bonds. The van der Waals surface area contributed by atoms with Crippen LogP contribution in [0.1, 0.15) is 12.5 Å². The normalized spacial score (nSPS) is 9.91. The van der Waals surface area contributed by atoms with Crippen LogP contribution in [-0.2, 0) is 19.1 Å². The SMILES string of the molecule is CC=CC(=O)OCCOC(=O)N(N=C=O)c1ccc(C)cc1. The molecule has 1 aromatic rings. The molecule has 1 rings (SSSR count). The lowest BCUT2D eigenvalue weighted by molar-refractivity contribution is -0.138. The van der Waals surface area contributed by atoms with Gasteiger partial charge in [-0.05, 0) is 26.0 Å². The van der Waals surface area contributed by atoms with E-state index in [-0.39, 0.29) is 13.2 Å². The fourth-order valence-corrected chi connectivity index (χ4v) is 1.45. The molecule has 0 radical (unpaired) electrons. The quantitative estimate of drug-likeness (QED) is 0.201. The first-order valence-corrected chi connectivity index (χ1v) is 6.49. The summed E-state index contributed by atoms with van der Waals surface area (Å²) in [5.74, 6) is -0.528. The molecule has 7 heteroatoms. The first-order valence-electron chi connectivity index (χ1n) is 6.49. The molecule has 0 aliphatic heterocycles. The molecule has 0 bridgehead atoms. The summed E-state index contributed by atoms with van der Waals surface area (Å²) >= 11 is 0. The van der Waals surface area contributed by atoms with Gasteiger partial charge in [0.25, 0.3) is 6.08 Å². The number of nitrogens with zero attached hydrogens (tertiary/aromatic N) is 2. The Morgan fingerprint density at radius 1 is 1.23 bits per heavy atom. The molecule has 0 spiro atoms. The number of esters is 1. The number of aryl methyl sites for hydroxylation is 1. The minimum absolute atomic E-state index is 0.0958. The van der Waals surface area contributed by atoms with Gasteiger partial charge in [-0.3, -0.25) is 0 Å². The Bertz CT molecular complexity index is 588. The largest absolute Gasteiger partial charge is 0.459 e. The lowest BCUT2D eigenvalue weighted by Gasteiger charge is -2.15. The fraction of sp³-hybridized carbons (Fsp3) is 0.267. The van der Waals surface area contributed by atoms with Crippen LogP contribution in [0.3, 0.4) is 0 Å². The average Bonchev–Trinajstić information content (AvgIpc) is 2.50. The van der Waals surface area contributed by atoms with Gasteiger partial charge in [-0.2, -0.15) is 5.01 Å². The van der Waals surface area contributed by atoms with Crippen molar-refractivity contribution in [3.63, 3.8) is 0 Å². The monoisotopic (exact) mass is 304 g/mol. The summed E-state index contributed by atoms with van der Waals surface area (Å²) in [6.45, 7) is 3.31. The summed E-state index contributed by atoms with van der Waals surface area (Å²) in [6.07, 6.45) is 3.21. The third-order valence-electron chi connectivity index (χ3n) is 2.45. The van der Waals surface area contributed by atoms with E-state index in [1.54, 1.807) is 31.2 Å². The van der Waals surface area contributed by atoms with Crippen LogP contribution in [0.15, 0.2) is 41.5 Å². The first kappa shape index (κ1) is 17.1. The number of hydrogen-bond acceptors (Lipinski definition) is 6. The highest BCUT2D eigenvalue weighted by atomic mass is 16.6. The lowest BCUT2D eigenvalue weighted by Crippen LogP contribution is -2.27. The van der Waals surface area contributed by atoms with Crippen LogP contribution in [0.2, 0.25) is 0 Å². The maximum absolute atomic E-state index is 11.9. The van der Waals surface area contributed by atoms with Gasteiger partial charge in [-0.15, -0.1) is 0 Å². The van der Waals surface area contributed by atoms with Gasteiger partial charge in [0.2, 0.25) is 0 Å². The summed E-state index contributed by atoms with van der Waals surface area (Å²) in [7, 11) is 0. The Kier molecular flexibility index (Phi) is 7.08. The van der Waals surface area contributed by atoms with E-state index >= 15 is 0 Å². The Labute approximate surface area is 127 Å². The van der Waals surface area contributed by atoms with E-state index in [2.05, 4.69) is 5.10 Å². The third kappa shape index (κ3) is 5.60. The van der Waals surface area contributed by atoms with E-state index in [4.69, 9.17) is 9.47 Å². The number of hydrazone groups is 1. The highest BCUT2D eigenvalue weighted by Gasteiger charge is 2.17. The molecular weight excluding hydrogens is 288 g/mol. The Hall–Kier alpha value is -2.92. The van der Waals surface area contributed by atoms with Crippen LogP contribution < -0.4 is 5.01 Å². The van der Waals surface area contributed by atoms with Crippen LogP contribution in [-0.4, -0.2) is 31.4 Å². The van der Waals surface area contributed by atoms with E-state index in [0.29, 0.717) is 5.69 Å². The van der Waals surface area contributed by atoms with Crippen LogP contribution in [0, 0.1) is 6.92 Å². The van der Waals surface area contributed by atoms with Gasteiger partial charge in [-0.1, -0.05) is 28.9 Å². The van der Waals surface area contributed by atoms with Crippen molar-refractivity contribution in [2.45, 2.75) is 13.8 Å². The Balaban J connectivity index is 2.57. The number of ether oxygens (including phenoxy) is 2. The van der Waals surface area contributed by atoms with Crippen LogP contribution in [0.25, 0.3) is 0 Å². The van der Waals surface area contributed by atoms with E-state index in [0.717, 1.165) is 10.6 Å². The van der Waals surface area contributed by atoms with Gasteiger partial charge >= 0.3 is 12.1 Å². The topological polar surface area (TPSA) is 85.3 Å². The van der Waals surface area contributed by atoms with E-state index in [1.165, 1.54) is 18.2 Å². The van der Waals surface area contributed by atoms with Gasteiger partial charge in [0.1, 0.15) is 13.2 Å². The van der Waals surface area contributed by atoms with Gasteiger partial charge in [0.05, 0.1) is 5.69 Å². The van der Waals surface area contributed by atoms with Crippen molar-refractivity contribution in [2.24, 2.45) is 5.10 Å². The minimum atomic E-state index is -0.866. The maximum atomic E-state index is 11.9. The number of benzene rings is 1. The molecule has 0 unspecified atom stereocenters. The van der Waals surface area contributed by atoms with Crippen molar-refractivity contribution in [1.29, 1.82) is 0 Å². The van der Waals surface area contributed by atoms with Crippen LogP contribution in [0.5, 0.6) is 0 Å². The van der Waals surface area contributed by atoms with Crippen LogP contribution >= 0.6 is 0 Å². The molecule has 0 aliphatic rings. The zero-order chi connectivity index (χ0) is 16.4. The van der Waals surface area contributed by atoms with Crippen molar-refractivity contribution in [3.8, 4) is 0 Å². The van der Waals surface area contributed by atoms with Gasteiger partial charge < -0.3 is 9.47 Å². The first-order chi connectivity index (χ1) is 10.6. The second-order valence-corrected chi connectivity index (χ2v) is 4.12. The Morgan fingerprint density at radius 3 is 2.45 bits per heavy atom. The molecule has 116 valence electrons. The zero-order valence-electron chi connectivity index (χ0n) is 12.3. The molecule has 0 saturated carbocycles. The Morgan fingerprint density at radius 2 is 1.86 bits per heavy atom. The second-order valence-electron chi connectivity index (χ2n) is 4.12. The number of amides is 1. The highest BCUT2D eigenvalue weighted by Crippen LogP contribution is 2.16. The zero-order valence-corrected chi connectivity index (χ0v) is 12.3. The molecule has 0 aromatic heterocycles. The smallest absolute Gasteiger partial charge is 0.436 e. The molecule has 7 nitrogen and oxygen atoms in total. The number of allylic oxidation sites excluding steroid dienone is 1. The summed E-state index contributed by atoms with van der Waals surface area (Å²) in [5, 5.41) is 4.08. The molecule has 1 aromatic carbocycles. The summed E-state index contributed by atoms with van der Waals surface area (Å²) in [4.78, 5) is 33.3. The van der Waals surface area contributed by atoms with Crippen LogP contribution in [0.4, 0.5) is 10.5 Å². The number of hydrogen-bond donors (Lipinski definition) is 0. The molecule has 0 fully saturated rings. The number of isocyanates is 1. The third-order valence-corrected chi connectivity index (χ3v) is 2.45. The van der Waals surface area contributed by atoms with Gasteiger partial charge in [-0.25, -0.2) is 14.4 Å². The second kappa shape index (κ2) is 9.10.